The summed E-state index contributed by atoms with van der Waals surface area (Å²) in [4.78, 5) is 15.6. The molecule has 0 spiro atoms. The molecule has 2 aromatic heterocycles. The van der Waals surface area contributed by atoms with Gasteiger partial charge in [-0.1, -0.05) is 6.07 Å². The summed E-state index contributed by atoms with van der Waals surface area (Å²) >= 11 is 0. The average molecular weight is 216 g/mol. The number of rotatable bonds is 3. The molecule has 0 saturated carbocycles. The van der Waals surface area contributed by atoms with Crippen molar-refractivity contribution in [2.24, 2.45) is 0 Å². The van der Waals surface area contributed by atoms with E-state index in [4.69, 9.17) is 4.74 Å². The molecule has 0 unspecified atom stereocenters. The lowest BCUT2D eigenvalue weighted by molar-refractivity contribution is 0.0526. The zero-order valence-corrected chi connectivity index (χ0v) is 8.96. The van der Waals surface area contributed by atoms with E-state index in [0.29, 0.717) is 12.2 Å². The third kappa shape index (κ3) is 2.11. The molecule has 2 heterocycles. The smallest absolute Gasteiger partial charge is 0.339 e. The standard InChI is InChI=1S/C12H12N2O2/c1-2-16-12(15)10-6-8-14(9-10)11-5-3-4-7-13-11/h3-9H,2H2,1H3. The molecule has 82 valence electrons. The minimum Gasteiger partial charge on any atom is -0.462 e. The molecule has 0 radical (unpaired) electrons. The van der Waals surface area contributed by atoms with Crippen LogP contribution in [0.25, 0.3) is 5.82 Å². The molecule has 0 amide bonds. The lowest BCUT2D eigenvalue weighted by Crippen LogP contribution is -2.03. The van der Waals surface area contributed by atoms with Gasteiger partial charge in [0.2, 0.25) is 0 Å². The predicted octanol–water partition coefficient (Wildman–Crippen LogP) is 2.05. The number of aromatic nitrogens is 2. The van der Waals surface area contributed by atoms with Crippen molar-refractivity contribution in [2.75, 3.05) is 6.61 Å². The van der Waals surface area contributed by atoms with Gasteiger partial charge in [0.15, 0.2) is 0 Å². The molecule has 0 atom stereocenters. The van der Waals surface area contributed by atoms with Crippen LogP contribution in [-0.2, 0) is 4.74 Å². The summed E-state index contributed by atoms with van der Waals surface area (Å²) < 4.78 is 6.69. The van der Waals surface area contributed by atoms with Crippen LogP contribution in [0.2, 0.25) is 0 Å². The highest BCUT2D eigenvalue weighted by Gasteiger charge is 2.08. The number of carbonyl (C=O) groups is 1. The summed E-state index contributed by atoms with van der Waals surface area (Å²) in [5.41, 5.74) is 0.535. The van der Waals surface area contributed by atoms with Crippen LogP contribution >= 0.6 is 0 Å². The first-order chi connectivity index (χ1) is 7.81. The second-order valence-corrected chi connectivity index (χ2v) is 3.22. The molecule has 0 aliphatic heterocycles. The van der Waals surface area contributed by atoms with E-state index in [1.807, 2.05) is 18.2 Å². The number of carbonyl (C=O) groups excluding carboxylic acids is 1. The number of hydrogen-bond donors (Lipinski definition) is 0. The molecule has 2 rings (SSSR count). The van der Waals surface area contributed by atoms with Crippen LogP contribution in [0.15, 0.2) is 42.9 Å². The zero-order valence-electron chi connectivity index (χ0n) is 8.96. The molecule has 0 aromatic carbocycles. The molecule has 0 fully saturated rings. The topological polar surface area (TPSA) is 44.1 Å². The molecular formula is C12H12N2O2. The maximum absolute atomic E-state index is 11.4. The van der Waals surface area contributed by atoms with E-state index >= 15 is 0 Å². The van der Waals surface area contributed by atoms with Gasteiger partial charge in [-0.3, -0.25) is 0 Å². The molecule has 0 aliphatic rings. The van der Waals surface area contributed by atoms with E-state index in [2.05, 4.69) is 4.98 Å². The highest BCUT2D eigenvalue weighted by Crippen LogP contribution is 2.08. The second kappa shape index (κ2) is 4.61. The zero-order chi connectivity index (χ0) is 11.4. The van der Waals surface area contributed by atoms with Gasteiger partial charge < -0.3 is 9.30 Å². The molecule has 2 aromatic rings. The van der Waals surface area contributed by atoms with Gasteiger partial charge in [-0.05, 0) is 25.1 Å². The largest absolute Gasteiger partial charge is 0.462 e. The third-order valence-corrected chi connectivity index (χ3v) is 2.12. The SMILES string of the molecule is CCOC(=O)c1ccn(-c2ccccn2)c1. The van der Waals surface area contributed by atoms with E-state index in [1.54, 1.807) is 36.1 Å². The average Bonchev–Trinajstić information content (AvgIpc) is 2.80. The first-order valence-electron chi connectivity index (χ1n) is 5.08. The van der Waals surface area contributed by atoms with Gasteiger partial charge in [0.25, 0.3) is 0 Å². The summed E-state index contributed by atoms with van der Waals surface area (Å²) in [7, 11) is 0. The Balaban J connectivity index is 2.23. The number of nitrogens with zero attached hydrogens (tertiary/aromatic N) is 2. The Morgan fingerprint density at radius 2 is 2.31 bits per heavy atom. The van der Waals surface area contributed by atoms with Crippen molar-refractivity contribution < 1.29 is 9.53 Å². The van der Waals surface area contributed by atoms with Crippen LogP contribution in [0.4, 0.5) is 0 Å². The minimum absolute atomic E-state index is 0.308. The van der Waals surface area contributed by atoms with Gasteiger partial charge >= 0.3 is 5.97 Å². The number of hydrogen-bond acceptors (Lipinski definition) is 3. The fourth-order valence-corrected chi connectivity index (χ4v) is 1.38. The summed E-state index contributed by atoms with van der Waals surface area (Å²) in [6.45, 7) is 2.17. The number of pyridine rings is 1. The molecule has 0 N–H and O–H groups in total. The molecular weight excluding hydrogens is 204 g/mol. The Labute approximate surface area is 93.5 Å². The fourth-order valence-electron chi connectivity index (χ4n) is 1.38. The minimum atomic E-state index is -0.308. The van der Waals surface area contributed by atoms with Crippen LogP contribution < -0.4 is 0 Å². The predicted molar refractivity (Wildman–Crippen MR) is 59.5 cm³/mol. The molecule has 0 bridgehead atoms. The van der Waals surface area contributed by atoms with Crippen molar-refractivity contribution in [3.8, 4) is 5.82 Å². The van der Waals surface area contributed by atoms with Crippen molar-refractivity contribution in [1.29, 1.82) is 0 Å². The molecule has 0 saturated heterocycles. The molecule has 4 heteroatoms. The lowest BCUT2D eigenvalue weighted by atomic mass is 10.3. The summed E-state index contributed by atoms with van der Waals surface area (Å²) in [5, 5.41) is 0. The van der Waals surface area contributed by atoms with Crippen molar-refractivity contribution in [1.82, 2.24) is 9.55 Å². The van der Waals surface area contributed by atoms with Gasteiger partial charge in [0, 0.05) is 18.6 Å². The Kier molecular flexibility index (Phi) is 3.00. The summed E-state index contributed by atoms with van der Waals surface area (Å²) in [5.74, 6) is 0.468. The lowest BCUT2D eigenvalue weighted by Gasteiger charge is -2.00. The van der Waals surface area contributed by atoms with Crippen LogP contribution in [-0.4, -0.2) is 22.1 Å². The normalized spacial score (nSPS) is 10.1. The van der Waals surface area contributed by atoms with Crippen LogP contribution in [0.3, 0.4) is 0 Å². The van der Waals surface area contributed by atoms with E-state index in [0.717, 1.165) is 5.82 Å². The second-order valence-electron chi connectivity index (χ2n) is 3.22. The highest BCUT2D eigenvalue weighted by atomic mass is 16.5. The first kappa shape index (κ1) is 10.4. The van der Waals surface area contributed by atoms with E-state index in [-0.39, 0.29) is 5.97 Å². The van der Waals surface area contributed by atoms with Crippen LogP contribution in [0, 0.1) is 0 Å². The maximum atomic E-state index is 11.4. The summed E-state index contributed by atoms with van der Waals surface area (Å²) in [6, 6.07) is 7.33. The van der Waals surface area contributed by atoms with Crippen molar-refractivity contribution in [3.05, 3.63) is 48.4 Å². The number of esters is 1. The molecule has 0 aliphatic carbocycles. The van der Waals surface area contributed by atoms with Crippen LogP contribution in [0.5, 0.6) is 0 Å². The van der Waals surface area contributed by atoms with E-state index in [9.17, 15) is 4.79 Å². The number of ether oxygens (including phenoxy) is 1. The van der Waals surface area contributed by atoms with Crippen molar-refractivity contribution in [2.45, 2.75) is 6.92 Å². The Bertz CT molecular complexity index is 477. The van der Waals surface area contributed by atoms with Gasteiger partial charge in [0.05, 0.1) is 12.2 Å². The van der Waals surface area contributed by atoms with Crippen LogP contribution in [0.1, 0.15) is 17.3 Å². The quantitative estimate of drug-likeness (QED) is 0.737. The Morgan fingerprint density at radius 1 is 1.44 bits per heavy atom. The highest BCUT2D eigenvalue weighted by molar-refractivity contribution is 5.89. The fraction of sp³-hybridized carbons (Fsp3) is 0.167. The maximum Gasteiger partial charge on any atom is 0.339 e. The Morgan fingerprint density at radius 3 is 3.00 bits per heavy atom. The summed E-state index contributed by atoms with van der Waals surface area (Å²) in [6.07, 6.45) is 5.20. The third-order valence-electron chi connectivity index (χ3n) is 2.12. The van der Waals surface area contributed by atoms with Gasteiger partial charge in [-0.15, -0.1) is 0 Å². The van der Waals surface area contributed by atoms with Crippen molar-refractivity contribution >= 4 is 5.97 Å². The monoisotopic (exact) mass is 216 g/mol. The van der Waals surface area contributed by atoms with Gasteiger partial charge in [-0.25, -0.2) is 9.78 Å². The Hall–Kier alpha value is -2.10. The van der Waals surface area contributed by atoms with E-state index in [1.165, 1.54) is 0 Å². The van der Waals surface area contributed by atoms with Gasteiger partial charge in [-0.2, -0.15) is 0 Å². The molecule has 4 nitrogen and oxygen atoms in total. The van der Waals surface area contributed by atoms with Crippen molar-refractivity contribution in [3.63, 3.8) is 0 Å². The first-order valence-corrected chi connectivity index (χ1v) is 5.08. The van der Waals surface area contributed by atoms with E-state index < -0.39 is 0 Å². The molecule has 16 heavy (non-hydrogen) atoms. The van der Waals surface area contributed by atoms with Gasteiger partial charge in [0.1, 0.15) is 5.82 Å².